The molecule has 20 heavy (non-hydrogen) atoms. The Morgan fingerprint density at radius 3 is 2.85 bits per heavy atom. The molecule has 7 heteroatoms. The molecule has 104 valence electrons. The van der Waals surface area contributed by atoms with Crippen LogP contribution in [0.5, 0.6) is 0 Å². The number of methoxy groups -OCH3 is 1. The molecule has 2 N–H and O–H groups in total. The Bertz CT molecular complexity index is 623. The van der Waals surface area contributed by atoms with Crippen molar-refractivity contribution in [2.75, 3.05) is 12.4 Å². The summed E-state index contributed by atoms with van der Waals surface area (Å²) in [7, 11) is 1.26. The highest BCUT2D eigenvalue weighted by Gasteiger charge is 2.17. The second kappa shape index (κ2) is 5.87. The van der Waals surface area contributed by atoms with Gasteiger partial charge >= 0.3 is 5.97 Å². The zero-order chi connectivity index (χ0) is 14.5. The van der Waals surface area contributed by atoms with Crippen molar-refractivity contribution < 1.29 is 14.5 Å². The van der Waals surface area contributed by atoms with Crippen LogP contribution < -0.4 is 5.32 Å². The summed E-state index contributed by atoms with van der Waals surface area (Å²) in [5, 5.41) is 13.9. The summed E-state index contributed by atoms with van der Waals surface area (Å²) in [6, 6.07) is 7.74. The molecule has 0 radical (unpaired) electrons. The van der Waals surface area contributed by atoms with Crippen LogP contribution in [-0.2, 0) is 11.3 Å². The summed E-state index contributed by atoms with van der Waals surface area (Å²) in [4.78, 5) is 24.9. The lowest BCUT2D eigenvalue weighted by Crippen LogP contribution is -2.06. The van der Waals surface area contributed by atoms with Gasteiger partial charge in [-0.15, -0.1) is 0 Å². The highest BCUT2D eigenvalue weighted by molar-refractivity contribution is 5.91. The van der Waals surface area contributed by atoms with E-state index in [1.165, 1.54) is 25.3 Å². The molecule has 1 aromatic heterocycles. The second-order valence-corrected chi connectivity index (χ2v) is 4.03. The van der Waals surface area contributed by atoms with Crippen molar-refractivity contribution in [2.24, 2.45) is 0 Å². The van der Waals surface area contributed by atoms with Crippen LogP contribution in [0.1, 0.15) is 16.1 Å². The van der Waals surface area contributed by atoms with E-state index in [1.54, 1.807) is 6.20 Å². The van der Waals surface area contributed by atoms with Gasteiger partial charge in [0.05, 0.1) is 24.1 Å². The van der Waals surface area contributed by atoms with E-state index < -0.39 is 10.9 Å². The van der Waals surface area contributed by atoms with Crippen molar-refractivity contribution >= 4 is 17.3 Å². The topological polar surface area (TPSA) is 97.3 Å². The number of hydrogen-bond acceptors (Lipinski definition) is 5. The monoisotopic (exact) mass is 275 g/mol. The number of nitro benzene ring substituents is 1. The van der Waals surface area contributed by atoms with E-state index in [4.69, 9.17) is 0 Å². The van der Waals surface area contributed by atoms with Crippen LogP contribution in [0.3, 0.4) is 0 Å². The number of rotatable bonds is 5. The van der Waals surface area contributed by atoms with Crippen molar-refractivity contribution in [1.82, 2.24) is 4.98 Å². The Morgan fingerprint density at radius 1 is 1.45 bits per heavy atom. The summed E-state index contributed by atoms with van der Waals surface area (Å²) < 4.78 is 4.60. The molecule has 2 aromatic rings. The van der Waals surface area contributed by atoms with Crippen molar-refractivity contribution in [3.8, 4) is 0 Å². The molecule has 0 aliphatic carbocycles. The Balaban J connectivity index is 2.26. The number of ether oxygens (including phenoxy) is 1. The minimum Gasteiger partial charge on any atom is -0.465 e. The third-order valence-electron chi connectivity index (χ3n) is 2.75. The van der Waals surface area contributed by atoms with Crippen LogP contribution in [0.4, 0.5) is 11.4 Å². The molecule has 7 nitrogen and oxygen atoms in total. The predicted molar refractivity (Wildman–Crippen MR) is 72.6 cm³/mol. The van der Waals surface area contributed by atoms with Crippen molar-refractivity contribution in [2.45, 2.75) is 6.54 Å². The highest BCUT2D eigenvalue weighted by atomic mass is 16.6. The molecule has 0 aliphatic heterocycles. The molecular formula is C13H13N3O4. The van der Waals surface area contributed by atoms with Gasteiger partial charge < -0.3 is 15.0 Å². The molecular weight excluding hydrogens is 262 g/mol. The number of aromatic nitrogens is 1. The highest BCUT2D eigenvalue weighted by Crippen LogP contribution is 2.26. The van der Waals surface area contributed by atoms with E-state index >= 15 is 0 Å². The minimum atomic E-state index is -0.539. The summed E-state index contributed by atoms with van der Waals surface area (Å²) in [5.74, 6) is -0.539. The number of nitrogens with one attached hydrogen (secondary N) is 2. The molecule has 0 bridgehead atoms. The fourth-order valence-electron chi connectivity index (χ4n) is 1.75. The van der Waals surface area contributed by atoms with Crippen LogP contribution in [0.25, 0.3) is 0 Å². The van der Waals surface area contributed by atoms with Gasteiger partial charge in [0.2, 0.25) is 0 Å². The number of anilines is 1. The Labute approximate surface area is 114 Å². The first-order valence-corrected chi connectivity index (χ1v) is 5.84. The smallest absolute Gasteiger partial charge is 0.337 e. The maximum Gasteiger partial charge on any atom is 0.337 e. The van der Waals surface area contributed by atoms with E-state index in [-0.39, 0.29) is 16.9 Å². The SMILES string of the molecule is COC(=O)c1ccc([N+](=O)[O-])c(NCc2ccc[nH]2)c1. The molecule has 0 spiro atoms. The van der Waals surface area contributed by atoms with Crippen molar-refractivity contribution in [1.29, 1.82) is 0 Å². The van der Waals surface area contributed by atoms with Gasteiger partial charge in [-0.25, -0.2) is 4.79 Å². The second-order valence-electron chi connectivity index (χ2n) is 4.03. The fourth-order valence-corrected chi connectivity index (χ4v) is 1.75. The molecule has 0 atom stereocenters. The van der Waals surface area contributed by atoms with E-state index in [0.29, 0.717) is 6.54 Å². The number of H-pyrrole nitrogens is 1. The Morgan fingerprint density at radius 2 is 2.25 bits per heavy atom. The van der Waals surface area contributed by atoms with E-state index in [1.807, 2.05) is 12.1 Å². The third-order valence-corrected chi connectivity index (χ3v) is 2.75. The molecule has 1 aromatic carbocycles. The summed E-state index contributed by atoms with van der Waals surface area (Å²) in [6.07, 6.45) is 1.76. The molecule has 0 amide bonds. The first-order valence-electron chi connectivity index (χ1n) is 5.84. The lowest BCUT2D eigenvalue weighted by molar-refractivity contribution is -0.384. The summed E-state index contributed by atoms with van der Waals surface area (Å²) in [6.45, 7) is 0.387. The molecule has 2 rings (SSSR count). The number of hydrogen-bond donors (Lipinski definition) is 2. The van der Waals surface area contributed by atoms with E-state index in [2.05, 4.69) is 15.0 Å². The minimum absolute atomic E-state index is 0.0933. The Kier molecular flexibility index (Phi) is 3.99. The maximum absolute atomic E-state index is 11.5. The van der Waals surface area contributed by atoms with Crippen LogP contribution in [0, 0.1) is 10.1 Å². The van der Waals surface area contributed by atoms with Gasteiger partial charge in [0.15, 0.2) is 0 Å². The van der Waals surface area contributed by atoms with Crippen LogP contribution in [0.2, 0.25) is 0 Å². The number of benzene rings is 1. The molecule has 0 saturated carbocycles. The normalized spacial score (nSPS) is 10.1. The first-order chi connectivity index (χ1) is 9.61. The predicted octanol–water partition coefficient (Wildman–Crippen LogP) is 2.32. The summed E-state index contributed by atoms with van der Waals surface area (Å²) >= 11 is 0. The quantitative estimate of drug-likeness (QED) is 0.496. The van der Waals surface area contributed by atoms with E-state index in [0.717, 1.165) is 5.69 Å². The van der Waals surface area contributed by atoms with E-state index in [9.17, 15) is 14.9 Å². The van der Waals surface area contributed by atoms with Gasteiger partial charge in [0.25, 0.3) is 5.69 Å². The number of nitro groups is 1. The molecule has 0 fully saturated rings. The molecule has 1 heterocycles. The van der Waals surface area contributed by atoms with Crippen LogP contribution >= 0.6 is 0 Å². The average molecular weight is 275 g/mol. The van der Waals surface area contributed by atoms with Gasteiger partial charge in [0, 0.05) is 18.0 Å². The average Bonchev–Trinajstić information content (AvgIpc) is 2.97. The fraction of sp³-hybridized carbons (Fsp3) is 0.154. The van der Waals surface area contributed by atoms with Gasteiger partial charge in [-0.2, -0.15) is 0 Å². The number of aromatic amines is 1. The van der Waals surface area contributed by atoms with Crippen molar-refractivity contribution in [3.05, 3.63) is 57.9 Å². The number of carbonyl (C=O) groups excluding carboxylic acids is 1. The molecule has 0 saturated heterocycles. The largest absolute Gasteiger partial charge is 0.465 e. The molecule has 0 unspecified atom stereocenters. The van der Waals surface area contributed by atoms with Gasteiger partial charge in [0.1, 0.15) is 5.69 Å². The van der Waals surface area contributed by atoms with Crippen LogP contribution in [0.15, 0.2) is 36.5 Å². The maximum atomic E-state index is 11.5. The van der Waals surface area contributed by atoms with Gasteiger partial charge in [-0.3, -0.25) is 10.1 Å². The van der Waals surface area contributed by atoms with Gasteiger partial charge in [-0.1, -0.05) is 0 Å². The third kappa shape index (κ3) is 2.94. The lowest BCUT2D eigenvalue weighted by atomic mass is 10.1. The standard InChI is InChI=1S/C13H13N3O4/c1-20-13(17)9-4-5-12(16(18)19)11(7-9)15-8-10-3-2-6-14-10/h2-7,14-15H,8H2,1H3. The van der Waals surface area contributed by atoms with Crippen molar-refractivity contribution in [3.63, 3.8) is 0 Å². The zero-order valence-corrected chi connectivity index (χ0v) is 10.8. The number of nitrogens with zero attached hydrogens (tertiary/aromatic N) is 1. The summed E-state index contributed by atoms with van der Waals surface area (Å²) in [5.41, 5.74) is 1.31. The first kappa shape index (κ1) is 13.6. The molecule has 0 aliphatic rings. The lowest BCUT2D eigenvalue weighted by Gasteiger charge is -2.08. The number of carbonyl (C=O) groups is 1. The van der Waals surface area contributed by atoms with Crippen LogP contribution in [-0.4, -0.2) is 23.0 Å². The number of esters is 1. The Hall–Kier alpha value is -2.83. The zero-order valence-electron chi connectivity index (χ0n) is 10.8. The van der Waals surface area contributed by atoms with Gasteiger partial charge in [-0.05, 0) is 24.3 Å².